The Kier molecular flexibility index (Phi) is 6.62. The lowest BCUT2D eigenvalue weighted by Crippen LogP contribution is -2.22. The van der Waals surface area contributed by atoms with Crippen molar-refractivity contribution in [3.63, 3.8) is 0 Å². The van der Waals surface area contributed by atoms with Gasteiger partial charge in [-0.05, 0) is 25.8 Å². The normalized spacial score (nSPS) is 11.0. The molecular weight excluding hydrogens is 344 g/mol. The lowest BCUT2D eigenvalue weighted by molar-refractivity contribution is 0.0531. The summed E-state index contributed by atoms with van der Waals surface area (Å²) < 4.78 is 6.71. The minimum Gasteiger partial charge on any atom is -0.462 e. The molecule has 2 aromatic heterocycles. The molecule has 0 fully saturated rings. The Morgan fingerprint density at radius 1 is 1.46 bits per heavy atom. The average Bonchev–Trinajstić information content (AvgIpc) is 2.88. The monoisotopic (exact) mass is 366 g/mol. The number of aromatic nitrogens is 2. The molecule has 130 valence electrons. The first-order valence-corrected chi connectivity index (χ1v) is 9.80. The summed E-state index contributed by atoms with van der Waals surface area (Å²) in [4.78, 5) is 30.7. The third-order valence-corrected chi connectivity index (χ3v) is 5.75. The van der Waals surface area contributed by atoms with Gasteiger partial charge in [-0.1, -0.05) is 31.2 Å². The zero-order chi connectivity index (χ0) is 17.7. The van der Waals surface area contributed by atoms with Crippen LogP contribution in [0, 0.1) is 6.92 Å². The Labute approximate surface area is 149 Å². The third kappa shape index (κ3) is 3.72. The minimum absolute atomic E-state index is 0.122. The van der Waals surface area contributed by atoms with E-state index in [1.165, 1.54) is 11.3 Å². The van der Waals surface area contributed by atoms with E-state index in [-0.39, 0.29) is 5.56 Å². The van der Waals surface area contributed by atoms with Gasteiger partial charge in [0, 0.05) is 12.3 Å². The average molecular weight is 367 g/mol. The van der Waals surface area contributed by atoms with Crippen molar-refractivity contribution in [2.45, 2.75) is 45.3 Å². The first kappa shape index (κ1) is 18.7. The highest BCUT2D eigenvalue weighted by Crippen LogP contribution is 2.30. The number of aryl methyl sites for hydroxylation is 1. The molecular formula is C17H22N2O3S2. The smallest absolute Gasteiger partial charge is 0.348 e. The standard InChI is InChI=1S/C17H22N2O3S2/c1-5-8-10-23-17-18-14-12(15(20)19(17)9-6-2)11(4)13(24-14)16(21)22-7-3/h6H,2,5,7-10H2,1,3-4H3. The van der Waals surface area contributed by atoms with E-state index in [1.54, 1.807) is 36.3 Å². The molecule has 0 bridgehead atoms. The van der Waals surface area contributed by atoms with Crippen molar-refractivity contribution >= 4 is 39.3 Å². The number of hydrogen-bond donors (Lipinski definition) is 0. The Morgan fingerprint density at radius 3 is 2.83 bits per heavy atom. The number of carbonyl (C=O) groups excluding carboxylic acids is 1. The van der Waals surface area contributed by atoms with E-state index in [2.05, 4.69) is 18.5 Å². The van der Waals surface area contributed by atoms with Crippen molar-refractivity contribution in [3.8, 4) is 0 Å². The molecule has 24 heavy (non-hydrogen) atoms. The van der Waals surface area contributed by atoms with Gasteiger partial charge in [-0.15, -0.1) is 17.9 Å². The Bertz CT molecular complexity index is 808. The first-order chi connectivity index (χ1) is 11.5. The van der Waals surface area contributed by atoms with Crippen molar-refractivity contribution in [3.05, 3.63) is 33.4 Å². The summed E-state index contributed by atoms with van der Waals surface area (Å²) in [7, 11) is 0. The summed E-state index contributed by atoms with van der Waals surface area (Å²) in [6, 6.07) is 0. The summed E-state index contributed by atoms with van der Waals surface area (Å²) >= 11 is 2.80. The number of fused-ring (bicyclic) bond motifs is 1. The molecule has 0 radical (unpaired) electrons. The van der Waals surface area contributed by atoms with E-state index in [4.69, 9.17) is 4.74 Å². The van der Waals surface area contributed by atoms with Crippen molar-refractivity contribution in [1.82, 2.24) is 9.55 Å². The number of carbonyl (C=O) groups is 1. The molecule has 0 aliphatic carbocycles. The summed E-state index contributed by atoms with van der Waals surface area (Å²) in [5.41, 5.74) is 0.525. The highest BCUT2D eigenvalue weighted by molar-refractivity contribution is 7.99. The van der Waals surface area contributed by atoms with Gasteiger partial charge in [0.2, 0.25) is 0 Å². The van der Waals surface area contributed by atoms with E-state index in [0.29, 0.717) is 39.0 Å². The predicted octanol–water partition coefficient (Wildman–Crippen LogP) is 4.02. The van der Waals surface area contributed by atoms with E-state index in [0.717, 1.165) is 18.6 Å². The molecule has 0 N–H and O–H groups in total. The molecule has 0 spiro atoms. The van der Waals surface area contributed by atoms with E-state index < -0.39 is 5.97 Å². The van der Waals surface area contributed by atoms with Crippen LogP contribution in [0.4, 0.5) is 0 Å². The summed E-state index contributed by atoms with van der Waals surface area (Å²) in [6.45, 7) is 10.1. The predicted molar refractivity (Wildman–Crippen MR) is 100 cm³/mol. The lowest BCUT2D eigenvalue weighted by atomic mass is 10.2. The molecule has 2 rings (SSSR count). The van der Waals surface area contributed by atoms with Crippen LogP contribution in [0.15, 0.2) is 22.6 Å². The van der Waals surface area contributed by atoms with Gasteiger partial charge < -0.3 is 4.74 Å². The van der Waals surface area contributed by atoms with Gasteiger partial charge in [-0.2, -0.15) is 0 Å². The molecule has 0 saturated heterocycles. The molecule has 2 heterocycles. The van der Waals surface area contributed by atoms with Crippen LogP contribution in [-0.4, -0.2) is 27.9 Å². The van der Waals surface area contributed by atoms with E-state index in [9.17, 15) is 9.59 Å². The number of esters is 1. The van der Waals surface area contributed by atoms with Crippen LogP contribution in [0.25, 0.3) is 10.2 Å². The molecule has 0 amide bonds. The molecule has 7 heteroatoms. The molecule has 0 aromatic carbocycles. The fourth-order valence-electron chi connectivity index (χ4n) is 2.30. The molecule has 0 aliphatic heterocycles. The molecule has 0 saturated carbocycles. The van der Waals surface area contributed by atoms with Crippen LogP contribution in [0.3, 0.4) is 0 Å². The molecule has 0 unspecified atom stereocenters. The number of thiophene rings is 1. The minimum atomic E-state index is -0.396. The second kappa shape index (κ2) is 8.48. The van der Waals surface area contributed by atoms with Gasteiger partial charge in [0.25, 0.3) is 5.56 Å². The largest absolute Gasteiger partial charge is 0.462 e. The van der Waals surface area contributed by atoms with Crippen LogP contribution >= 0.6 is 23.1 Å². The topological polar surface area (TPSA) is 61.2 Å². The summed E-state index contributed by atoms with van der Waals surface area (Å²) in [5, 5.41) is 1.18. The zero-order valence-electron chi connectivity index (χ0n) is 14.3. The maximum atomic E-state index is 12.9. The lowest BCUT2D eigenvalue weighted by Gasteiger charge is -2.09. The summed E-state index contributed by atoms with van der Waals surface area (Å²) in [5.74, 6) is 0.508. The van der Waals surface area contributed by atoms with Gasteiger partial charge >= 0.3 is 5.97 Å². The van der Waals surface area contributed by atoms with Crippen LogP contribution in [-0.2, 0) is 11.3 Å². The van der Waals surface area contributed by atoms with Crippen molar-refractivity contribution in [2.75, 3.05) is 12.4 Å². The first-order valence-electron chi connectivity index (χ1n) is 7.99. The van der Waals surface area contributed by atoms with Crippen molar-refractivity contribution in [2.24, 2.45) is 0 Å². The van der Waals surface area contributed by atoms with Crippen LogP contribution in [0.5, 0.6) is 0 Å². The number of hydrogen-bond acceptors (Lipinski definition) is 6. The van der Waals surface area contributed by atoms with Crippen molar-refractivity contribution in [1.29, 1.82) is 0 Å². The number of unbranched alkanes of at least 4 members (excludes halogenated alkanes) is 1. The second-order valence-electron chi connectivity index (χ2n) is 5.26. The number of allylic oxidation sites excluding steroid dienone is 1. The Hall–Kier alpha value is -1.60. The second-order valence-corrected chi connectivity index (χ2v) is 7.32. The molecule has 0 aliphatic rings. The van der Waals surface area contributed by atoms with E-state index in [1.807, 2.05) is 0 Å². The number of rotatable bonds is 8. The maximum absolute atomic E-state index is 12.9. The van der Waals surface area contributed by atoms with E-state index >= 15 is 0 Å². The molecule has 5 nitrogen and oxygen atoms in total. The van der Waals surface area contributed by atoms with Gasteiger partial charge in [0.15, 0.2) is 5.16 Å². The van der Waals surface area contributed by atoms with Gasteiger partial charge in [0.1, 0.15) is 9.71 Å². The third-order valence-electron chi connectivity index (χ3n) is 3.52. The number of nitrogens with zero attached hydrogens (tertiary/aromatic N) is 2. The van der Waals surface area contributed by atoms with Crippen LogP contribution in [0.2, 0.25) is 0 Å². The SMILES string of the molecule is C=CCn1c(SCCCC)nc2sc(C(=O)OCC)c(C)c2c1=O. The van der Waals surface area contributed by atoms with Crippen LogP contribution < -0.4 is 5.56 Å². The fourth-order valence-corrected chi connectivity index (χ4v) is 4.51. The zero-order valence-corrected chi connectivity index (χ0v) is 15.9. The molecule has 0 atom stereocenters. The van der Waals surface area contributed by atoms with Gasteiger partial charge in [-0.3, -0.25) is 9.36 Å². The number of thioether (sulfide) groups is 1. The van der Waals surface area contributed by atoms with Gasteiger partial charge in [0.05, 0.1) is 12.0 Å². The van der Waals surface area contributed by atoms with Crippen LogP contribution in [0.1, 0.15) is 41.9 Å². The van der Waals surface area contributed by atoms with Gasteiger partial charge in [-0.25, -0.2) is 9.78 Å². The summed E-state index contributed by atoms with van der Waals surface area (Å²) in [6.07, 6.45) is 3.84. The highest BCUT2D eigenvalue weighted by Gasteiger charge is 2.22. The Morgan fingerprint density at radius 2 is 2.21 bits per heavy atom. The number of ether oxygens (including phenoxy) is 1. The fraction of sp³-hybridized carbons (Fsp3) is 0.471. The maximum Gasteiger partial charge on any atom is 0.348 e. The molecule has 2 aromatic rings. The quantitative estimate of drug-likeness (QED) is 0.232. The Balaban J connectivity index is 2.59. The highest BCUT2D eigenvalue weighted by atomic mass is 32.2. The van der Waals surface area contributed by atoms with Crippen molar-refractivity contribution < 1.29 is 9.53 Å².